The number of carbonyl (C=O) groups excluding carboxylic acids is 1. The highest BCUT2D eigenvalue weighted by molar-refractivity contribution is 9.09. The summed E-state index contributed by atoms with van der Waals surface area (Å²) < 4.78 is 10.9. The molecule has 3 nitrogen and oxygen atoms in total. The molecule has 0 aliphatic heterocycles. The monoisotopic (exact) mass is 292 g/mol. The fourth-order valence-electron chi connectivity index (χ4n) is 1.94. The van der Waals surface area contributed by atoms with Crippen LogP contribution in [0.5, 0.6) is 0 Å². The fourth-order valence-corrected chi connectivity index (χ4v) is 2.73. The minimum absolute atomic E-state index is 0.00150. The number of ether oxygens (including phenoxy) is 2. The standard InChI is InChI=1S/C12H21BrO3/c1-4-8(3)16-11-7-9(6-10(11)13)12(14)15-5-2/h8-11H,4-7H2,1-3H3. The van der Waals surface area contributed by atoms with Crippen LogP contribution in [-0.4, -0.2) is 29.6 Å². The molecule has 0 bridgehead atoms. The van der Waals surface area contributed by atoms with Gasteiger partial charge >= 0.3 is 5.97 Å². The summed E-state index contributed by atoms with van der Waals surface area (Å²) in [7, 11) is 0. The topological polar surface area (TPSA) is 35.5 Å². The van der Waals surface area contributed by atoms with Gasteiger partial charge in [-0.3, -0.25) is 4.79 Å². The molecule has 0 radical (unpaired) electrons. The van der Waals surface area contributed by atoms with Gasteiger partial charge in [0.05, 0.1) is 24.7 Å². The lowest BCUT2D eigenvalue weighted by molar-refractivity contribution is -0.148. The maximum absolute atomic E-state index is 11.6. The molecule has 94 valence electrons. The molecule has 4 heteroatoms. The van der Waals surface area contributed by atoms with Crippen LogP contribution in [0.1, 0.15) is 40.0 Å². The van der Waals surface area contributed by atoms with E-state index in [0.717, 1.165) is 19.3 Å². The van der Waals surface area contributed by atoms with E-state index in [9.17, 15) is 4.79 Å². The van der Waals surface area contributed by atoms with Crippen LogP contribution in [0.25, 0.3) is 0 Å². The molecule has 1 saturated carbocycles. The number of alkyl halides is 1. The van der Waals surface area contributed by atoms with Crippen LogP contribution in [0.4, 0.5) is 0 Å². The lowest BCUT2D eigenvalue weighted by Crippen LogP contribution is -2.23. The van der Waals surface area contributed by atoms with Gasteiger partial charge in [-0.2, -0.15) is 0 Å². The Kier molecular flexibility index (Phi) is 5.76. The smallest absolute Gasteiger partial charge is 0.309 e. The van der Waals surface area contributed by atoms with Crippen molar-refractivity contribution in [3.63, 3.8) is 0 Å². The Morgan fingerprint density at radius 3 is 2.69 bits per heavy atom. The summed E-state index contributed by atoms with van der Waals surface area (Å²) >= 11 is 3.59. The van der Waals surface area contributed by atoms with E-state index in [0.29, 0.717) is 6.61 Å². The highest BCUT2D eigenvalue weighted by atomic mass is 79.9. The molecule has 1 fully saturated rings. The normalized spacial score (nSPS) is 31.4. The van der Waals surface area contributed by atoms with Gasteiger partial charge in [0.1, 0.15) is 0 Å². The fraction of sp³-hybridized carbons (Fsp3) is 0.917. The van der Waals surface area contributed by atoms with E-state index < -0.39 is 0 Å². The maximum atomic E-state index is 11.6. The molecular formula is C12H21BrO3. The first-order valence-electron chi connectivity index (χ1n) is 6.04. The molecule has 0 heterocycles. The predicted molar refractivity (Wildman–Crippen MR) is 66.7 cm³/mol. The number of esters is 1. The van der Waals surface area contributed by atoms with E-state index in [1.165, 1.54) is 0 Å². The highest BCUT2D eigenvalue weighted by Gasteiger charge is 2.38. The summed E-state index contributed by atoms with van der Waals surface area (Å²) in [5.74, 6) is -0.0828. The van der Waals surface area contributed by atoms with Gasteiger partial charge in [0.2, 0.25) is 0 Å². The number of rotatable bonds is 5. The highest BCUT2D eigenvalue weighted by Crippen LogP contribution is 2.34. The van der Waals surface area contributed by atoms with Crippen molar-refractivity contribution in [3.05, 3.63) is 0 Å². The molecule has 0 aromatic carbocycles. The largest absolute Gasteiger partial charge is 0.466 e. The van der Waals surface area contributed by atoms with Crippen LogP contribution in [-0.2, 0) is 14.3 Å². The number of hydrogen-bond acceptors (Lipinski definition) is 3. The van der Waals surface area contributed by atoms with E-state index in [2.05, 4.69) is 29.8 Å². The Morgan fingerprint density at radius 2 is 2.12 bits per heavy atom. The van der Waals surface area contributed by atoms with Gasteiger partial charge in [-0.15, -0.1) is 0 Å². The minimum atomic E-state index is -0.0813. The summed E-state index contributed by atoms with van der Waals surface area (Å²) in [5, 5.41) is 0. The second-order valence-corrected chi connectivity index (χ2v) is 5.51. The first-order chi connectivity index (χ1) is 7.58. The molecule has 4 atom stereocenters. The van der Waals surface area contributed by atoms with E-state index in [1.54, 1.807) is 0 Å². The molecular weight excluding hydrogens is 272 g/mol. The summed E-state index contributed by atoms with van der Waals surface area (Å²) in [6, 6.07) is 0. The molecule has 0 amide bonds. The second kappa shape index (κ2) is 6.60. The number of hydrogen-bond donors (Lipinski definition) is 0. The molecule has 1 aliphatic rings. The molecule has 0 saturated heterocycles. The molecule has 4 unspecified atom stereocenters. The second-order valence-electron chi connectivity index (χ2n) is 4.33. The Morgan fingerprint density at radius 1 is 1.44 bits per heavy atom. The molecule has 0 spiro atoms. The van der Waals surface area contributed by atoms with Gasteiger partial charge in [0.15, 0.2) is 0 Å². The predicted octanol–water partition coefficient (Wildman–Crippen LogP) is 2.91. The third-order valence-electron chi connectivity index (χ3n) is 3.03. The van der Waals surface area contributed by atoms with Crippen LogP contribution in [0.15, 0.2) is 0 Å². The van der Waals surface area contributed by atoms with Crippen LogP contribution in [0.3, 0.4) is 0 Å². The van der Waals surface area contributed by atoms with Crippen molar-refractivity contribution in [2.75, 3.05) is 6.61 Å². The Hall–Kier alpha value is -0.0900. The number of carbonyl (C=O) groups is 1. The summed E-state index contributed by atoms with van der Waals surface area (Å²) in [4.78, 5) is 11.9. The molecule has 0 aromatic heterocycles. The Bertz CT molecular complexity index is 232. The van der Waals surface area contributed by atoms with Crippen molar-refractivity contribution in [3.8, 4) is 0 Å². The molecule has 0 N–H and O–H groups in total. The Balaban J connectivity index is 2.43. The van der Waals surface area contributed by atoms with E-state index in [-0.39, 0.29) is 28.9 Å². The quantitative estimate of drug-likeness (QED) is 0.577. The molecule has 1 rings (SSSR count). The summed E-state index contributed by atoms with van der Waals surface area (Å²) in [6.45, 7) is 6.47. The van der Waals surface area contributed by atoms with Gasteiger partial charge < -0.3 is 9.47 Å². The van der Waals surface area contributed by atoms with Gasteiger partial charge in [-0.25, -0.2) is 0 Å². The van der Waals surface area contributed by atoms with E-state index in [1.807, 2.05) is 6.92 Å². The first-order valence-corrected chi connectivity index (χ1v) is 6.96. The summed E-state index contributed by atoms with van der Waals surface area (Å²) in [5.41, 5.74) is 0. The van der Waals surface area contributed by atoms with Gasteiger partial charge in [0.25, 0.3) is 0 Å². The van der Waals surface area contributed by atoms with Crippen LogP contribution in [0.2, 0.25) is 0 Å². The summed E-state index contributed by atoms with van der Waals surface area (Å²) in [6.07, 6.45) is 3.00. The van der Waals surface area contributed by atoms with Crippen LogP contribution >= 0.6 is 15.9 Å². The average molecular weight is 293 g/mol. The zero-order valence-electron chi connectivity index (χ0n) is 10.2. The van der Waals surface area contributed by atoms with Crippen molar-refractivity contribution in [2.24, 2.45) is 5.92 Å². The van der Waals surface area contributed by atoms with Gasteiger partial charge in [-0.1, -0.05) is 22.9 Å². The third-order valence-corrected chi connectivity index (χ3v) is 4.00. The number of halogens is 1. The van der Waals surface area contributed by atoms with Crippen molar-refractivity contribution >= 4 is 21.9 Å². The SMILES string of the molecule is CCOC(=O)C1CC(Br)C(OC(C)CC)C1. The van der Waals surface area contributed by atoms with Gasteiger partial charge in [0, 0.05) is 4.83 Å². The Labute approximate surface area is 106 Å². The molecule has 0 aromatic rings. The van der Waals surface area contributed by atoms with Crippen molar-refractivity contribution in [1.29, 1.82) is 0 Å². The lowest BCUT2D eigenvalue weighted by atomic mass is 10.1. The molecule has 1 aliphatic carbocycles. The minimum Gasteiger partial charge on any atom is -0.466 e. The van der Waals surface area contributed by atoms with Gasteiger partial charge in [-0.05, 0) is 33.1 Å². The van der Waals surface area contributed by atoms with Crippen molar-refractivity contribution < 1.29 is 14.3 Å². The maximum Gasteiger partial charge on any atom is 0.309 e. The first kappa shape index (κ1) is 14.0. The van der Waals surface area contributed by atoms with E-state index >= 15 is 0 Å². The lowest BCUT2D eigenvalue weighted by Gasteiger charge is -2.19. The van der Waals surface area contributed by atoms with Crippen molar-refractivity contribution in [2.45, 2.75) is 57.1 Å². The zero-order chi connectivity index (χ0) is 12.1. The molecule has 16 heavy (non-hydrogen) atoms. The van der Waals surface area contributed by atoms with E-state index in [4.69, 9.17) is 9.47 Å². The zero-order valence-corrected chi connectivity index (χ0v) is 11.8. The van der Waals surface area contributed by atoms with Crippen LogP contribution in [0, 0.1) is 5.92 Å². The third kappa shape index (κ3) is 3.74. The average Bonchev–Trinajstić information content (AvgIpc) is 2.61. The van der Waals surface area contributed by atoms with Crippen LogP contribution < -0.4 is 0 Å². The van der Waals surface area contributed by atoms with Crippen molar-refractivity contribution in [1.82, 2.24) is 0 Å².